The summed E-state index contributed by atoms with van der Waals surface area (Å²) >= 11 is 0. The van der Waals surface area contributed by atoms with Crippen molar-refractivity contribution in [3.63, 3.8) is 0 Å². The number of rotatable bonds is 4. The zero-order valence-electron chi connectivity index (χ0n) is 10.8. The summed E-state index contributed by atoms with van der Waals surface area (Å²) in [6.45, 7) is 4.67. The fourth-order valence-corrected chi connectivity index (χ4v) is 2.03. The second-order valence-electron chi connectivity index (χ2n) is 4.00. The number of carbonyl (C=O) groups is 2. The van der Waals surface area contributed by atoms with Gasteiger partial charge in [0.1, 0.15) is 5.56 Å². The van der Waals surface area contributed by atoms with Crippen LogP contribution >= 0.6 is 0 Å². The summed E-state index contributed by atoms with van der Waals surface area (Å²) in [4.78, 5) is 25.2. The van der Waals surface area contributed by atoms with E-state index in [4.69, 9.17) is 9.47 Å². The summed E-state index contributed by atoms with van der Waals surface area (Å²) in [7, 11) is 0. The highest BCUT2D eigenvalue weighted by Crippen LogP contribution is 2.38. The molecule has 0 radical (unpaired) electrons. The molecule has 1 aromatic carbocycles. The third-order valence-corrected chi connectivity index (χ3v) is 3.03. The zero-order chi connectivity index (χ0) is 14.0. The number of carboxylic acid groups (broad SMARTS) is 1. The normalized spacial score (nSPS) is 12.3. The van der Waals surface area contributed by atoms with Crippen molar-refractivity contribution in [1.29, 1.82) is 0 Å². The van der Waals surface area contributed by atoms with E-state index in [1.165, 1.54) is 12.1 Å². The summed E-state index contributed by atoms with van der Waals surface area (Å²) in [6, 6.07) is 2.87. The van der Waals surface area contributed by atoms with Gasteiger partial charge in [-0.3, -0.25) is 4.79 Å². The molecule has 19 heavy (non-hydrogen) atoms. The number of ether oxygens (including phenoxy) is 2. The van der Waals surface area contributed by atoms with E-state index in [1.807, 2.05) is 13.8 Å². The van der Waals surface area contributed by atoms with Gasteiger partial charge in [0.15, 0.2) is 11.5 Å². The number of carboxylic acids is 1. The van der Waals surface area contributed by atoms with Crippen molar-refractivity contribution in [2.24, 2.45) is 0 Å². The minimum Gasteiger partial charge on any atom is -0.478 e. The predicted octanol–water partition coefficient (Wildman–Crippen LogP) is 1.60. The third kappa shape index (κ3) is 2.21. The first-order chi connectivity index (χ1) is 9.10. The van der Waals surface area contributed by atoms with Gasteiger partial charge in [-0.05, 0) is 26.0 Å². The van der Waals surface area contributed by atoms with Gasteiger partial charge in [0, 0.05) is 13.1 Å². The highest BCUT2D eigenvalue weighted by atomic mass is 16.7. The highest BCUT2D eigenvalue weighted by molar-refractivity contribution is 6.07. The van der Waals surface area contributed by atoms with Crippen LogP contribution in [0.1, 0.15) is 34.6 Å². The van der Waals surface area contributed by atoms with E-state index in [-0.39, 0.29) is 29.6 Å². The van der Waals surface area contributed by atoms with Crippen LogP contribution in [0.2, 0.25) is 0 Å². The number of aromatic carboxylic acids is 1. The average Bonchev–Trinajstić information content (AvgIpc) is 2.86. The van der Waals surface area contributed by atoms with Crippen molar-refractivity contribution in [2.45, 2.75) is 13.8 Å². The van der Waals surface area contributed by atoms with E-state index in [2.05, 4.69) is 0 Å². The number of hydrogen-bond donors (Lipinski definition) is 1. The molecule has 1 aliphatic heterocycles. The highest BCUT2D eigenvalue weighted by Gasteiger charge is 2.30. The molecule has 0 atom stereocenters. The van der Waals surface area contributed by atoms with Crippen molar-refractivity contribution in [3.8, 4) is 11.5 Å². The molecule has 0 saturated carbocycles. The Morgan fingerprint density at radius 2 is 1.95 bits per heavy atom. The molecule has 1 N–H and O–H groups in total. The molecule has 1 amide bonds. The first kappa shape index (κ1) is 13.2. The molecule has 6 heteroatoms. The lowest BCUT2D eigenvalue weighted by Crippen LogP contribution is -2.32. The van der Waals surface area contributed by atoms with Crippen LogP contribution in [0.3, 0.4) is 0 Å². The molecule has 0 spiro atoms. The maximum atomic E-state index is 12.4. The molecule has 1 aliphatic rings. The maximum absolute atomic E-state index is 12.4. The summed E-state index contributed by atoms with van der Waals surface area (Å²) in [5.74, 6) is -0.893. The lowest BCUT2D eigenvalue weighted by Gasteiger charge is -2.20. The summed E-state index contributed by atoms with van der Waals surface area (Å²) in [6.07, 6.45) is 0. The first-order valence-electron chi connectivity index (χ1n) is 6.05. The van der Waals surface area contributed by atoms with Gasteiger partial charge in [-0.25, -0.2) is 4.79 Å². The molecule has 0 saturated heterocycles. The summed E-state index contributed by atoms with van der Waals surface area (Å²) in [5, 5.41) is 9.21. The van der Waals surface area contributed by atoms with E-state index in [1.54, 1.807) is 4.90 Å². The summed E-state index contributed by atoms with van der Waals surface area (Å²) in [5.41, 5.74) is -0.00708. The summed E-state index contributed by atoms with van der Waals surface area (Å²) < 4.78 is 10.4. The van der Waals surface area contributed by atoms with E-state index in [0.29, 0.717) is 18.8 Å². The molecule has 102 valence electrons. The third-order valence-electron chi connectivity index (χ3n) is 3.03. The van der Waals surface area contributed by atoms with Crippen LogP contribution in [-0.4, -0.2) is 41.8 Å². The van der Waals surface area contributed by atoms with Gasteiger partial charge in [0.05, 0.1) is 5.56 Å². The number of carbonyl (C=O) groups excluding carboxylic acids is 1. The average molecular weight is 265 g/mol. The molecule has 2 rings (SSSR count). The Morgan fingerprint density at radius 1 is 1.26 bits per heavy atom. The van der Waals surface area contributed by atoms with E-state index < -0.39 is 5.97 Å². The van der Waals surface area contributed by atoms with Crippen LogP contribution < -0.4 is 9.47 Å². The standard InChI is InChI=1S/C13H15NO5/c1-3-14(4-2)12(15)10-8(13(16)17)5-6-9-11(10)19-7-18-9/h5-6H,3-4,7H2,1-2H3,(H,16,17). The Bertz CT molecular complexity index is 522. The van der Waals surface area contributed by atoms with E-state index >= 15 is 0 Å². The number of nitrogens with zero attached hydrogens (tertiary/aromatic N) is 1. The lowest BCUT2D eigenvalue weighted by molar-refractivity contribution is 0.0676. The van der Waals surface area contributed by atoms with Gasteiger partial charge in [0.2, 0.25) is 6.79 Å². The Kier molecular flexibility index (Phi) is 3.59. The Balaban J connectivity index is 2.56. The topological polar surface area (TPSA) is 76.1 Å². The van der Waals surface area contributed by atoms with Crippen LogP contribution in [-0.2, 0) is 0 Å². The number of benzene rings is 1. The van der Waals surface area contributed by atoms with Gasteiger partial charge in [0.25, 0.3) is 5.91 Å². The molecule has 0 fully saturated rings. The Labute approximate surface area is 110 Å². The van der Waals surface area contributed by atoms with Crippen LogP contribution in [0.25, 0.3) is 0 Å². The molecule has 1 heterocycles. The molecule has 0 aliphatic carbocycles. The first-order valence-corrected chi connectivity index (χ1v) is 6.05. The predicted molar refractivity (Wildman–Crippen MR) is 66.8 cm³/mol. The molecular weight excluding hydrogens is 250 g/mol. The minimum atomic E-state index is -1.16. The van der Waals surface area contributed by atoms with Crippen molar-refractivity contribution >= 4 is 11.9 Å². The fraction of sp³-hybridized carbons (Fsp3) is 0.385. The van der Waals surface area contributed by atoms with E-state index in [9.17, 15) is 14.7 Å². The maximum Gasteiger partial charge on any atom is 0.336 e. The SMILES string of the molecule is CCN(CC)C(=O)c1c(C(=O)O)ccc2c1OCO2. The molecule has 1 aromatic rings. The zero-order valence-corrected chi connectivity index (χ0v) is 10.8. The van der Waals surface area contributed by atoms with E-state index in [0.717, 1.165) is 0 Å². The quantitative estimate of drug-likeness (QED) is 0.894. The fourth-order valence-electron chi connectivity index (χ4n) is 2.03. The minimum absolute atomic E-state index is 0.00304. The van der Waals surface area contributed by atoms with Crippen LogP contribution in [0.4, 0.5) is 0 Å². The van der Waals surface area contributed by atoms with Crippen molar-refractivity contribution in [2.75, 3.05) is 19.9 Å². The Hall–Kier alpha value is -2.24. The monoisotopic (exact) mass is 265 g/mol. The van der Waals surface area contributed by atoms with Gasteiger partial charge in [-0.15, -0.1) is 0 Å². The van der Waals surface area contributed by atoms with Gasteiger partial charge in [-0.1, -0.05) is 0 Å². The molecule has 0 unspecified atom stereocenters. The lowest BCUT2D eigenvalue weighted by atomic mass is 10.0. The Morgan fingerprint density at radius 3 is 2.53 bits per heavy atom. The molecule has 0 bridgehead atoms. The van der Waals surface area contributed by atoms with Crippen molar-refractivity contribution in [1.82, 2.24) is 4.90 Å². The van der Waals surface area contributed by atoms with Crippen molar-refractivity contribution < 1.29 is 24.2 Å². The van der Waals surface area contributed by atoms with Gasteiger partial charge < -0.3 is 19.5 Å². The molecular formula is C13H15NO5. The van der Waals surface area contributed by atoms with Crippen LogP contribution in [0.15, 0.2) is 12.1 Å². The van der Waals surface area contributed by atoms with Gasteiger partial charge in [-0.2, -0.15) is 0 Å². The molecule has 6 nitrogen and oxygen atoms in total. The van der Waals surface area contributed by atoms with Crippen LogP contribution in [0.5, 0.6) is 11.5 Å². The number of hydrogen-bond acceptors (Lipinski definition) is 4. The van der Waals surface area contributed by atoms with Crippen LogP contribution in [0, 0.1) is 0 Å². The number of fused-ring (bicyclic) bond motifs is 1. The second-order valence-corrected chi connectivity index (χ2v) is 4.00. The molecule has 0 aromatic heterocycles. The number of amides is 1. The second kappa shape index (κ2) is 5.17. The van der Waals surface area contributed by atoms with Crippen molar-refractivity contribution in [3.05, 3.63) is 23.3 Å². The largest absolute Gasteiger partial charge is 0.478 e. The smallest absolute Gasteiger partial charge is 0.336 e. The van der Waals surface area contributed by atoms with Gasteiger partial charge >= 0.3 is 5.97 Å².